The molecule has 0 radical (unpaired) electrons. The van der Waals surface area contributed by atoms with E-state index in [1.165, 1.54) is 24.3 Å². The molecule has 35 heavy (non-hydrogen) atoms. The molecule has 0 atom stereocenters. The lowest BCUT2D eigenvalue weighted by Crippen LogP contribution is -2.46. The normalized spacial score (nSPS) is 16.1. The minimum atomic E-state index is -4.83. The van der Waals surface area contributed by atoms with E-state index in [1.54, 1.807) is 11.8 Å². The fourth-order valence-electron chi connectivity index (χ4n) is 3.71. The summed E-state index contributed by atoms with van der Waals surface area (Å²) in [7, 11) is -4.47. The topological polar surface area (TPSA) is 40.6 Å². The van der Waals surface area contributed by atoms with Gasteiger partial charge in [0.15, 0.2) is 15.6 Å². The summed E-state index contributed by atoms with van der Waals surface area (Å²) in [6, 6.07) is 7.88. The van der Waals surface area contributed by atoms with Crippen LogP contribution < -0.4 is 4.90 Å². The van der Waals surface area contributed by atoms with Crippen LogP contribution >= 0.6 is 11.8 Å². The number of piperazine rings is 1. The SMILES string of the molecule is Cc1cc(F)c(N2CCN(Cc3ccc(S(=O)(=O)CC(F)(F)F)cc3)CC2)cc1SCC(F)(F)F. The number of nitrogens with zero attached hydrogens (tertiary/aromatic N) is 2. The van der Waals surface area contributed by atoms with Crippen molar-refractivity contribution in [2.24, 2.45) is 0 Å². The predicted octanol–water partition coefficient (Wildman–Crippen LogP) is 5.45. The van der Waals surface area contributed by atoms with Crippen molar-refractivity contribution in [3.8, 4) is 0 Å². The summed E-state index contributed by atoms with van der Waals surface area (Å²) in [5, 5.41) is 0. The third kappa shape index (κ3) is 8.01. The Morgan fingerprint density at radius 2 is 1.51 bits per heavy atom. The molecular weight excluding hydrogens is 521 g/mol. The number of alkyl halides is 6. The Morgan fingerprint density at radius 1 is 0.914 bits per heavy atom. The van der Waals surface area contributed by atoms with E-state index >= 15 is 0 Å². The predicted molar refractivity (Wildman–Crippen MR) is 120 cm³/mol. The molecular formula is C22H23F7N2O2S2. The number of benzene rings is 2. The van der Waals surface area contributed by atoms with Crippen LogP contribution in [0.5, 0.6) is 0 Å². The van der Waals surface area contributed by atoms with Crippen LogP contribution in [0, 0.1) is 12.7 Å². The number of halogens is 7. The fourth-order valence-corrected chi connectivity index (χ4v) is 5.65. The summed E-state index contributed by atoms with van der Waals surface area (Å²) < 4.78 is 113. The van der Waals surface area contributed by atoms with Gasteiger partial charge in [0.05, 0.1) is 16.3 Å². The van der Waals surface area contributed by atoms with Gasteiger partial charge in [-0.05, 0) is 42.3 Å². The first-order chi connectivity index (χ1) is 16.1. The van der Waals surface area contributed by atoms with Crippen LogP contribution in [0.4, 0.5) is 36.4 Å². The van der Waals surface area contributed by atoms with E-state index in [1.807, 2.05) is 4.90 Å². The second-order valence-corrected chi connectivity index (χ2v) is 11.3. The number of aryl methyl sites for hydroxylation is 1. The molecule has 0 bridgehead atoms. The highest BCUT2D eigenvalue weighted by Crippen LogP contribution is 2.34. The van der Waals surface area contributed by atoms with E-state index in [9.17, 15) is 39.2 Å². The van der Waals surface area contributed by atoms with Gasteiger partial charge in [0, 0.05) is 37.6 Å². The Kier molecular flexibility index (Phi) is 8.32. The van der Waals surface area contributed by atoms with Crippen LogP contribution in [-0.2, 0) is 16.4 Å². The van der Waals surface area contributed by atoms with E-state index in [-0.39, 0.29) is 5.69 Å². The maximum atomic E-state index is 14.6. The lowest BCUT2D eigenvalue weighted by molar-refractivity contribution is -0.107. The molecule has 0 N–H and O–H groups in total. The van der Waals surface area contributed by atoms with Crippen LogP contribution in [0.1, 0.15) is 11.1 Å². The molecule has 1 fully saturated rings. The Morgan fingerprint density at radius 3 is 2.06 bits per heavy atom. The number of thioether (sulfide) groups is 1. The van der Waals surface area contributed by atoms with Crippen molar-refractivity contribution in [2.45, 2.75) is 35.6 Å². The highest BCUT2D eigenvalue weighted by atomic mass is 32.2. The molecule has 2 aromatic carbocycles. The zero-order valence-electron chi connectivity index (χ0n) is 18.6. The standard InChI is InChI=1S/C22H23F7N2O2S2/c1-15-10-18(23)19(11-20(15)34-13-21(24,25)26)31-8-6-30(7-9-31)12-16-2-4-17(5-3-16)35(32,33)14-22(27,28)29/h2-5,10-11H,6-9,12-14H2,1H3. The monoisotopic (exact) mass is 544 g/mol. The van der Waals surface area contributed by atoms with Crippen molar-refractivity contribution in [3.05, 3.63) is 53.3 Å². The maximum Gasteiger partial charge on any atom is 0.403 e. The van der Waals surface area contributed by atoms with Gasteiger partial charge in [0.25, 0.3) is 0 Å². The molecule has 1 aliphatic rings. The number of hydrogen-bond acceptors (Lipinski definition) is 5. The Balaban J connectivity index is 1.60. The van der Waals surface area contributed by atoms with Crippen LogP contribution in [0.15, 0.2) is 46.2 Å². The van der Waals surface area contributed by atoms with Crippen molar-refractivity contribution in [1.29, 1.82) is 0 Å². The Hall–Kier alpha value is -1.99. The van der Waals surface area contributed by atoms with Crippen LogP contribution in [0.2, 0.25) is 0 Å². The molecule has 1 saturated heterocycles. The van der Waals surface area contributed by atoms with Gasteiger partial charge < -0.3 is 4.90 Å². The Labute approximate surface area is 203 Å². The molecule has 0 aromatic heterocycles. The van der Waals surface area contributed by atoms with Crippen LogP contribution in [0.25, 0.3) is 0 Å². The van der Waals surface area contributed by atoms with Crippen molar-refractivity contribution >= 4 is 27.3 Å². The van der Waals surface area contributed by atoms with Gasteiger partial charge in [-0.1, -0.05) is 12.1 Å². The second kappa shape index (κ2) is 10.6. The molecule has 1 heterocycles. The van der Waals surface area contributed by atoms with Crippen molar-refractivity contribution in [3.63, 3.8) is 0 Å². The molecule has 1 aliphatic heterocycles. The van der Waals surface area contributed by atoms with E-state index < -0.39 is 44.4 Å². The molecule has 0 amide bonds. The number of anilines is 1. The van der Waals surface area contributed by atoms with E-state index in [4.69, 9.17) is 0 Å². The molecule has 194 valence electrons. The average molecular weight is 545 g/mol. The summed E-state index contributed by atoms with van der Waals surface area (Å²) in [4.78, 5) is 3.73. The van der Waals surface area contributed by atoms with Gasteiger partial charge in [-0.25, -0.2) is 12.8 Å². The number of rotatable bonds is 7. The quantitative estimate of drug-likeness (QED) is 0.343. The Bertz CT molecular complexity index is 1130. The molecule has 4 nitrogen and oxygen atoms in total. The van der Waals surface area contributed by atoms with Crippen LogP contribution in [-0.4, -0.2) is 63.4 Å². The largest absolute Gasteiger partial charge is 0.403 e. The number of sulfone groups is 1. The second-order valence-electron chi connectivity index (χ2n) is 8.25. The summed E-state index contributed by atoms with van der Waals surface area (Å²) in [5.74, 6) is -3.50. The molecule has 0 aliphatic carbocycles. The smallest absolute Gasteiger partial charge is 0.367 e. The fraction of sp³-hybridized carbons (Fsp3) is 0.455. The zero-order valence-corrected chi connectivity index (χ0v) is 20.2. The third-order valence-corrected chi connectivity index (χ3v) is 8.31. The maximum absolute atomic E-state index is 14.6. The summed E-state index contributed by atoms with van der Waals surface area (Å²) in [5.41, 5.74) is 1.37. The summed E-state index contributed by atoms with van der Waals surface area (Å²) >= 11 is 0.615. The zero-order chi connectivity index (χ0) is 26.0. The molecule has 0 unspecified atom stereocenters. The minimum absolute atomic E-state index is 0.235. The molecule has 13 heteroatoms. The van der Waals surface area contributed by atoms with Crippen molar-refractivity contribution < 1.29 is 39.2 Å². The lowest BCUT2D eigenvalue weighted by Gasteiger charge is -2.36. The third-order valence-electron chi connectivity index (χ3n) is 5.39. The van der Waals surface area contributed by atoms with Crippen molar-refractivity contribution in [2.75, 3.05) is 42.6 Å². The van der Waals surface area contributed by atoms with Gasteiger partial charge in [-0.15, -0.1) is 11.8 Å². The van der Waals surface area contributed by atoms with Gasteiger partial charge in [-0.3, -0.25) is 4.90 Å². The minimum Gasteiger partial charge on any atom is -0.367 e. The highest BCUT2D eigenvalue weighted by molar-refractivity contribution is 7.99. The van der Waals surface area contributed by atoms with Gasteiger partial charge >= 0.3 is 12.4 Å². The lowest BCUT2D eigenvalue weighted by atomic mass is 10.1. The average Bonchev–Trinajstić information content (AvgIpc) is 2.72. The summed E-state index contributed by atoms with van der Waals surface area (Å²) in [6.07, 6.45) is -9.16. The molecule has 2 aromatic rings. The number of hydrogen-bond donors (Lipinski definition) is 0. The van der Waals surface area contributed by atoms with Gasteiger partial charge in [-0.2, -0.15) is 26.3 Å². The van der Waals surface area contributed by atoms with Crippen molar-refractivity contribution in [1.82, 2.24) is 4.90 Å². The van der Waals surface area contributed by atoms with E-state index in [0.29, 0.717) is 60.5 Å². The van der Waals surface area contributed by atoms with Gasteiger partial charge in [0.2, 0.25) is 0 Å². The van der Waals surface area contributed by atoms with Crippen LogP contribution in [0.3, 0.4) is 0 Å². The summed E-state index contributed by atoms with van der Waals surface area (Å²) in [6.45, 7) is 3.82. The first-order valence-corrected chi connectivity index (χ1v) is 13.1. The first kappa shape index (κ1) is 27.6. The highest BCUT2D eigenvalue weighted by Gasteiger charge is 2.36. The molecule has 3 rings (SSSR count). The molecule has 0 spiro atoms. The van der Waals surface area contributed by atoms with E-state index in [0.717, 1.165) is 12.1 Å². The van der Waals surface area contributed by atoms with Gasteiger partial charge in [0.1, 0.15) is 5.82 Å². The first-order valence-electron chi connectivity index (χ1n) is 10.5. The molecule has 0 saturated carbocycles. The van der Waals surface area contributed by atoms with E-state index in [2.05, 4.69) is 0 Å².